The molecule has 0 saturated heterocycles. The fourth-order valence-electron chi connectivity index (χ4n) is 1.99. The maximum Gasteiger partial charge on any atom is 0.346 e. The highest BCUT2D eigenvalue weighted by atomic mass is 16.3. The SMILES string of the molecule is CC(C)N1C(=O)N=C(N)C1c1ccc(O)cc1. The molecule has 1 aromatic rings. The normalized spacial score (nSPS) is 19.9. The number of phenols is 1. The molecule has 1 aliphatic heterocycles. The molecule has 0 bridgehead atoms. The van der Waals surface area contributed by atoms with Crippen LogP contribution in [0.25, 0.3) is 0 Å². The Kier molecular flexibility index (Phi) is 2.75. The number of amides is 2. The number of hydrogen-bond donors (Lipinski definition) is 2. The van der Waals surface area contributed by atoms with Crippen molar-refractivity contribution in [3.63, 3.8) is 0 Å². The molecule has 0 aromatic heterocycles. The van der Waals surface area contributed by atoms with E-state index in [4.69, 9.17) is 5.73 Å². The molecular formula is C12H15N3O2. The van der Waals surface area contributed by atoms with Gasteiger partial charge in [0.1, 0.15) is 17.6 Å². The van der Waals surface area contributed by atoms with Crippen LogP contribution in [0.4, 0.5) is 4.79 Å². The Morgan fingerprint density at radius 1 is 1.35 bits per heavy atom. The first-order valence-electron chi connectivity index (χ1n) is 5.46. The zero-order valence-corrected chi connectivity index (χ0v) is 9.79. The predicted octanol–water partition coefficient (Wildman–Crippen LogP) is 1.63. The van der Waals surface area contributed by atoms with Gasteiger partial charge in [0.15, 0.2) is 0 Å². The number of carbonyl (C=O) groups is 1. The van der Waals surface area contributed by atoms with Crippen LogP contribution >= 0.6 is 0 Å². The fourth-order valence-corrected chi connectivity index (χ4v) is 1.99. The number of carbonyl (C=O) groups excluding carboxylic acids is 1. The summed E-state index contributed by atoms with van der Waals surface area (Å²) in [7, 11) is 0. The van der Waals surface area contributed by atoms with Gasteiger partial charge in [0.05, 0.1) is 0 Å². The molecule has 5 heteroatoms. The Bertz CT molecular complexity index is 465. The van der Waals surface area contributed by atoms with Crippen molar-refractivity contribution >= 4 is 11.9 Å². The molecule has 0 spiro atoms. The van der Waals surface area contributed by atoms with Gasteiger partial charge in [-0.15, -0.1) is 0 Å². The third-order valence-electron chi connectivity index (χ3n) is 2.77. The summed E-state index contributed by atoms with van der Waals surface area (Å²) in [5.74, 6) is 0.485. The van der Waals surface area contributed by atoms with Crippen molar-refractivity contribution in [3.05, 3.63) is 29.8 Å². The Morgan fingerprint density at radius 3 is 2.47 bits per heavy atom. The van der Waals surface area contributed by atoms with Gasteiger partial charge in [-0.05, 0) is 31.5 Å². The van der Waals surface area contributed by atoms with E-state index in [0.29, 0.717) is 5.84 Å². The molecular weight excluding hydrogens is 218 g/mol. The molecule has 0 saturated carbocycles. The number of nitrogens with zero attached hydrogens (tertiary/aromatic N) is 2. The van der Waals surface area contributed by atoms with Crippen LogP contribution in [0.2, 0.25) is 0 Å². The molecule has 17 heavy (non-hydrogen) atoms. The van der Waals surface area contributed by atoms with Gasteiger partial charge in [-0.2, -0.15) is 4.99 Å². The standard InChI is InChI=1S/C12H15N3O2/c1-7(2)15-10(11(13)14-12(15)17)8-3-5-9(16)6-4-8/h3-7,10,16H,1-2H3,(H2,13,14,17). The number of nitrogens with two attached hydrogens (primary N) is 1. The van der Waals surface area contributed by atoms with Gasteiger partial charge in [-0.3, -0.25) is 0 Å². The van der Waals surface area contributed by atoms with Crippen molar-refractivity contribution in [1.82, 2.24) is 4.90 Å². The number of urea groups is 1. The van der Waals surface area contributed by atoms with E-state index in [1.165, 1.54) is 0 Å². The lowest BCUT2D eigenvalue weighted by molar-refractivity contribution is 0.190. The molecule has 5 nitrogen and oxygen atoms in total. The molecule has 3 N–H and O–H groups in total. The highest BCUT2D eigenvalue weighted by Gasteiger charge is 2.36. The average molecular weight is 233 g/mol. The molecule has 0 aliphatic carbocycles. The Labute approximate surface area is 99.6 Å². The largest absolute Gasteiger partial charge is 0.508 e. The zero-order chi connectivity index (χ0) is 12.6. The minimum Gasteiger partial charge on any atom is -0.508 e. The third-order valence-corrected chi connectivity index (χ3v) is 2.77. The topological polar surface area (TPSA) is 78.9 Å². The smallest absolute Gasteiger partial charge is 0.346 e. The number of aliphatic imine (C=N–C) groups is 1. The van der Waals surface area contributed by atoms with Gasteiger partial charge in [0, 0.05) is 6.04 Å². The number of benzene rings is 1. The van der Waals surface area contributed by atoms with Crippen molar-refractivity contribution in [2.24, 2.45) is 10.7 Å². The average Bonchev–Trinajstić information content (AvgIpc) is 2.55. The van der Waals surface area contributed by atoms with Crippen LogP contribution in [0.5, 0.6) is 5.75 Å². The molecule has 90 valence electrons. The van der Waals surface area contributed by atoms with Gasteiger partial charge in [-0.25, -0.2) is 4.79 Å². The second-order valence-corrected chi connectivity index (χ2v) is 4.31. The van der Waals surface area contributed by atoms with E-state index >= 15 is 0 Å². The summed E-state index contributed by atoms with van der Waals surface area (Å²) in [5, 5.41) is 9.25. The zero-order valence-electron chi connectivity index (χ0n) is 9.79. The fraction of sp³-hybridized carbons (Fsp3) is 0.333. The maximum absolute atomic E-state index is 11.7. The summed E-state index contributed by atoms with van der Waals surface area (Å²) in [6.45, 7) is 3.83. The number of hydrogen-bond acceptors (Lipinski definition) is 3. The third kappa shape index (κ3) is 1.95. The molecule has 0 fully saturated rings. The molecule has 1 aliphatic rings. The van der Waals surface area contributed by atoms with Crippen LogP contribution in [0.3, 0.4) is 0 Å². The van der Waals surface area contributed by atoms with Crippen LogP contribution in [-0.4, -0.2) is 27.9 Å². The molecule has 1 unspecified atom stereocenters. The summed E-state index contributed by atoms with van der Waals surface area (Å²) < 4.78 is 0. The molecule has 1 aromatic carbocycles. The van der Waals surface area contributed by atoms with Crippen LogP contribution in [-0.2, 0) is 0 Å². The van der Waals surface area contributed by atoms with Gasteiger partial charge < -0.3 is 15.7 Å². The Hall–Kier alpha value is -2.04. The molecule has 2 amide bonds. The first-order valence-corrected chi connectivity index (χ1v) is 5.46. The lowest BCUT2D eigenvalue weighted by atomic mass is 10.0. The van der Waals surface area contributed by atoms with E-state index in [-0.39, 0.29) is 23.9 Å². The number of rotatable bonds is 2. The minimum atomic E-state index is -0.330. The number of amidine groups is 1. The predicted molar refractivity (Wildman–Crippen MR) is 64.8 cm³/mol. The summed E-state index contributed by atoms with van der Waals surface area (Å²) in [4.78, 5) is 17.1. The van der Waals surface area contributed by atoms with Gasteiger partial charge in [0.2, 0.25) is 0 Å². The van der Waals surface area contributed by atoms with Gasteiger partial charge in [0.25, 0.3) is 0 Å². The number of phenolic OH excluding ortho intramolecular Hbond substituents is 1. The van der Waals surface area contributed by atoms with Gasteiger partial charge >= 0.3 is 6.03 Å². The van der Waals surface area contributed by atoms with Crippen molar-refractivity contribution in [3.8, 4) is 5.75 Å². The Balaban J connectivity index is 2.39. The molecule has 1 heterocycles. The molecule has 2 rings (SSSR count). The van der Waals surface area contributed by atoms with Crippen LogP contribution in [0, 0.1) is 0 Å². The monoisotopic (exact) mass is 233 g/mol. The number of aromatic hydroxyl groups is 1. The van der Waals surface area contributed by atoms with E-state index in [1.54, 1.807) is 29.2 Å². The maximum atomic E-state index is 11.7. The van der Waals surface area contributed by atoms with E-state index in [2.05, 4.69) is 4.99 Å². The van der Waals surface area contributed by atoms with Crippen molar-refractivity contribution in [2.45, 2.75) is 25.9 Å². The summed E-state index contributed by atoms with van der Waals surface area (Å²) in [6.07, 6.45) is 0. The Morgan fingerprint density at radius 2 is 1.94 bits per heavy atom. The summed E-state index contributed by atoms with van der Waals surface area (Å²) >= 11 is 0. The summed E-state index contributed by atoms with van der Waals surface area (Å²) in [5.41, 5.74) is 6.64. The minimum absolute atomic E-state index is 0.0195. The van der Waals surface area contributed by atoms with Gasteiger partial charge in [-0.1, -0.05) is 12.1 Å². The van der Waals surface area contributed by atoms with Crippen LogP contribution in [0.15, 0.2) is 29.3 Å². The van der Waals surface area contributed by atoms with E-state index in [9.17, 15) is 9.90 Å². The lowest BCUT2D eigenvalue weighted by Gasteiger charge is -2.28. The van der Waals surface area contributed by atoms with E-state index in [0.717, 1.165) is 5.56 Å². The first-order chi connectivity index (χ1) is 8.00. The second kappa shape index (κ2) is 4.08. The highest BCUT2D eigenvalue weighted by molar-refractivity contribution is 6.03. The van der Waals surface area contributed by atoms with Crippen molar-refractivity contribution in [2.75, 3.05) is 0 Å². The quantitative estimate of drug-likeness (QED) is 0.814. The first kappa shape index (κ1) is 11.4. The van der Waals surface area contributed by atoms with Crippen molar-refractivity contribution < 1.29 is 9.90 Å². The van der Waals surface area contributed by atoms with Crippen molar-refractivity contribution in [1.29, 1.82) is 0 Å². The highest BCUT2D eigenvalue weighted by Crippen LogP contribution is 2.29. The summed E-state index contributed by atoms with van der Waals surface area (Å²) in [6, 6.07) is 6.02. The van der Waals surface area contributed by atoms with E-state index in [1.807, 2.05) is 13.8 Å². The van der Waals surface area contributed by atoms with Crippen LogP contribution < -0.4 is 5.73 Å². The van der Waals surface area contributed by atoms with E-state index < -0.39 is 0 Å². The molecule has 0 radical (unpaired) electrons. The second-order valence-electron chi connectivity index (χ2n) is 4.31. The lowest BCUT2D eigenvalue weighted by Crippen LogP contribution is -2.38. The molecule has 1 atom stereocenters. The van der Waals surface area contributed by atoms with Crippen LogP contribution in [0.1, 0.15) is 25.5 Å².